The van der Waals surface area contributed by atoms with E-state index in [9.17, 15) is 19.8 Å². The van der Waals surface area contributed by atoms with Crippen LogP contribution in [0.5, 0.6) is 11.6 Å². The number of ether oxygens (including phenoxy) is 1. The van der Waals surface area contributed by atoms with Crippen molar-refractivity contribution in [2.45, 2.75) is 128 Å². The van der Waals surface area contributed by atoms with Crippen LogP contribution < -0.4 is 30.5 Å². The number of phenolic OH excluding ortho intramolecular Hbond substituents is 1. The van der Waals surface area contributed by atoms with Crippen LogP contribution in [0.25, 0.3) is 21.7 Å². The van der Waals surface area contributed by atoms with Crippen LogP contribution in [0.4, 0.5) is 23.0 Å². The molecule has 6 fully saturated rings. The van der Waals surface area contributed by atoms with Crippen LogP contribution in [0.15, 0.2) is 89.0 Å². The van der Waals surface area contributed by atoms with Gasteiger partial charge in [-0.1, -0.05) is 55.4 Å². The van der Waals surface area contributed by atoms with E-state index in [1.807, 2.05) is 87.9 Å². The van der Waals surface area contributed by atoms with Crippen molar-refractivity contribution in [3.05, 3.63) is 102 Å². The first kappa shape index (κ1) is 52.8. The van der Waals surface area contributed by atoms with Crippen molar-refractivity contribution in [1.29, 1.82) is 0 Å². The number of thiazole rings is 1. The standard InChI is InChI=1S/C60H74N12O6S/c1-36(2)55(59(76)71-34-45(73)26-50(71)58(75)64-37(3)40-9-11-41(12-10-40)56-38(4)63-35-79-56)52-28-53(67-78-52)69-21-16-39(17-22-69)31-68-23-18-60(19-24-68)29-46(30-60)77-54-25-42(15-20-62-54)72-43-13-14-44(72)33-70(32-43)49-27-48(65-66-57(49)61)47-7-5-6-8-51(47)74/h5-12,15,20,25,27-28,35-37,39,43-46,50,55,73-74H,13-14,16-19,21-24,26,29-34H2,1-4H3,(H2,61,66)(H,64,75)/t37-,43?,44?,45+,50-,55+/m0/s1. The van der Waals surface area contributed by atoms with Gasteiger partial charge < -0.3 is 55.0 Å². The molecule has 6 atom stereocenters. The van der Waals surface area contributed by atoms with E-state index in [0.29, 0.717) is 52.1 Å². The van der Waals surface area contributed by atoms with Crippen molar-refractivity contribution in [3.8, 4) is 33.3 Å². The lowest BCUT2D eigenvalue weighted by Gasteiger charge is -2.52. The molecule has 2 amide bonds. The lowest BCUT2D eigenvalue weighted by molar-refractivity contribution is -0.141. The Kier molecular flexibility index (Phi) is 14.7. The number of piperazine rings is 1. The minimum absolute atomic E-state index is 0.0872. The highest BCUT2D eigenvalue weighted by molar-refractivity contribution is 7.13. The third-order valence-electron chi connectivity index (χ3n) is 18.2. The number of piperidine rings is 2. The number of anilines is 4. The van der Waals surface area contributed by atoms with Gasteiger partial charge in [0, 0.05) is 87.4 Å². The first-order valence-electron chi connectivity index (χ1n) is 28.6. The van der Waals surface area contributed by atoms with Crippen molar-refractivity contribution in [3.63, 3.8) is 0 Å². The highest BCUT2D eigenvalue weighted by Gasteiger charge is 2.48. The number of aryl methyl sites for hydroxylation is 1. The number of hydrogen-bond acceptors (Lipinski definition) is 17. The number of carbonyl (C=O) groups excluding carboxylic acids is 2. The molecular weight excluding hydrogens is 1020 g/mol. The maximum atomic E-state index is 14.4. The van der Waals surface area contributed by atoms with E-state index in [0.717, 1.165) is 123 Å². The molecule has 5 saturated heterocycles. The van der Waals surface area contributed by atoms with Crippen molar-refractivity contribution >= 4 is 46.2 Å². The Morgan fingerprint density at radius 3 is 2.35 bits per heavy atom. The average Bonchev–Trinajstić information content (AvgIpc) is 4.41. The molecule has 2 unspecified atom stereocenters. The number of phenols is 1. The molecule has 4 aromatic heterocycles. The van der Waals surface area contributed by atoms with Gasteiger partial charge in [-0.25, -0.2) is 9.97 Å². The molecule has 19 heteroatoms. The Balaban J connectivity index is 0.587. The van der Waals surface area contributed by atoms with Gasteiger partial charge in [-0.15, -0.1) is 21.5 Å². The van der Waals surface area contributed by atoms with E-state index >= 15 is 0 Å². The van der Waals surface area contributed by atoms with Crippen LogP contribution in [-0.2, 0) is 9.59 Å². The number of nitrogen functional groups attached to an aromatic ring is 1. The number of pyridine rings is 1. The Bertz CT molecular complexity index is 3110. The van der Waals surface area contributed by atoms with Gasteiger partial charge in [0.25, 0.3) is 0 Å². The summed E-state index contributed by atoms with van der Waals surface area (Å²) in [6.07, 6.45) is 10.3. The molecule has 0 radical (unpaired) electrons. The highest BCUT2D eigenvalue weighted by atomic mass is 32.1. The number of likely N-dealkylation sites (tertiary alicyclic amines) is 2. The minimum Gasteiger partial charge on any atom is -0.507 e. The van der Waals surface area contributed by atoms with Gasteiger partial charge in [-0.2, -0.15) is 0 Å². The number of fused-ring (bicyclic) bond motifs is 2. The Labute approximate surface area is 466 Å². The molecule has 5 N–H and O–H groups in total. The molecule has 416 valence electrons. The third-order valence-corrected chi connectivity index (χ3v) is 19.2. The van der Waals surface area contributed by atoms with Gasteiger partial charge in [0.1, 0.15) is 23.8 Å². The molecule has 1 saturated carbocycles. The number of nitrogens with one attached hydrogen (secondary N) is 1. The number of nitrogens with two attached hydrogens (primary N) is 1. The average molecular weight is 1090 g/mol. The van der Waals surface area contributed by atoms with Crippen LogP contribution >= 0.6 is 11.3 Å². The molecule has 6 aliphatic rings. The first-order chi connectivity index (χ1) is 38.2. The molecule has 1 spiro atoms. The maximum Gasteiger partial charge on any atom is 0.243 e. The second-order valence-electron chi connectivity index (χ2n) is 23.8. The number of aromatic hydroxyl groups is 1. The zero-order valence-electron chi connectivity index (χ0n) is 45.8. The fourth-order valence-electron chi connectivity index (χ4n) is 13.8. The van der Waals surface area contributed by atoms with E-state index in [1.54, 1.807) is 28.4 Å². The smallest absolute Gasteiger partial charge is 0.243 e. The largest absolute Gasteiger partial charge is 0.507 e. The predicted octanol–water partition coefficient (Wildman–Crippen LogP) is 8.22. The molecule has 6 aromatic rings. The Morgan fingerprint density at radius 2 is 1.65 bits per heavy atom. The van der Waals surface area contributed by atoms with E-state index < -0.39 is 18.1 Å². The molecule has 12 rings (SSSR count). The molecule has 2 bridgehead atoms. The summed E-state index contributed by atoms with van der Waals surface area (Å²) in [4.78, 5) is 49.8. The van der Waals surface area contributed by atoms with Crippen LogP contribution in [0.3, 0.4) is 0 Å². The number of benzene rings is 2. The SMILES string of the molecule is Cc1ncsc1-c1ccc([C@H](C)NC(=O)[C@@H]2C[C@@H](O)CN2C(=O)[C@@H](c2cc(N3CCC(CN4CCC5(CC4)CC(Oc4cc(N6C7CCC6CN(c6cc(-c8ccccc8O)nnc6N)C7)ccn4)C5)CC3)no2)C(C)C)cc1. The van der Waals surface area contributed by atoms with Crippen molar-refractivity contribution in [1.82, 2.24) is 40.4 Å². The topological polar surface area (TPSA) is 216 Å². The normalized spacial score (nSPS) is 23.3. The van der Waals surface area contributed by atoms with Crippen LogP contribution in [0.2, 0.25) is 0 Å². The number of para-hydroxylation sites is 1. The third kappa shape index (κ3) is 10.8. The number of aromatic nitrogens is 5. The summed E-state index contributed by atoms with van der Waals surface area (Å²) in [5.41, 5.74) is 14.9. The summed E-state index contributed by atoms with van der Waals surface area (Å²) in [7, 11) is 0. The fourth-order valence-corrected chi connectivity index (χ4v) is 14.6. The van der Waals surface area contributed by atoms with Crippen molar-refractivity contribution in [2.24, 2.45) is 17.3 Å². The molecule has 18 nitrogen and oxygen atoms in total. The monoisotopic (exact) mass is 1090 g/mol. The first-order valence-corrected chi connectivity index (χ1v) is 29.4. The van der Waals surface area contributed by atoms with Gasteiger partial charge in [0.05, 0.1) is 39.6 Å². The predicted molar refractivity (Wildman–Crippen MR) is 305 cm³/mol. The van der Waals surface area contributed by atoms with E-state index in [-0.39, 0.29) is 48.6 Å². The van der Waals surface area contributed by atoms with E-state index in [4.69, 9.17) is 15.0 Å². The van der Waals surface area contributed by atoms with Gasteiger partial charge in [-0.3, -0.25) is 9.59 Å². The number of β-amino-alcohol motifs (C(OH)–C–C–N with tert-alkyl or cyclic N) is 1. The van der Waals surface area contributed by atoms with Gasteiger partial charge in [0.15, 0.2) is 17.4 Å². The number of carbonyl (C=O) groups is 2. The second kappa shape index (κ2) is 22.0. The molecule has 5 aliphatic heterocycles. The molecule has 9 heterocycles. The van der Waals surface area contributed by atoms with Crippen molar-refractivity contribution < 1.29 is 29.1 Å². The summed E-state index contributed by atoms with van der Waals surface area (Å²) >= 11 is 1.60. The lowest BCUT2D eigenvalue weighted by atomic mass is 9.61. The summed E-state index contributed by atoms with van der Waals surface area (Å²) < 4.78 is 12.6. The second-order valence-corrected chi connectivity index (χ2v) is 24.6. The van der Waals surface area contributed by atoms with Crippen LogP contribution in [0.1, 0.15) is 108 Å². The fraction of sp³-hybridized carbons (Fsp3) is 0.517. The zero-order chi connectivity index (χ0) is 54.5. The number of rotatable bonds is 15. The van der Waals surface area contributed by atoms with Gasteiger partial charge >= 0.3 is 0 Å². The molecular formula is C60H74N12O6S. The number of nitrogens with zero attached hydrogens (tertiary/aromatic N) is 10. The lowest BCUT2D eigenvalue weighted by Crippen LogP contribution is -2.54. The van der Waals surface area contributed by atoms with Crippen molar-refractivity contribution in [2.75, 3.05) is 72.8 Å². The number of hydrogen-bond donors (Lipinski definition) is 4. The number of aliphatic hydroxyl groups excluding tert-OH is 1. The quantitative estimate of drug-likeness (QED) is 0.0762. The zero-order valence-corrected chi connectivity index (χ0v) is 46.6. The van der Waals surface area contributed by atoms with E-state index in [1.165, 1.54) is 12.8 Å². The highest BCUT2D eigenvalue weighted by Crippen LogP contribution is 2.51. The molecule has 79 heavy (non-hydrogen) atoms. The summed E-state index contributed by atoms with van der Waals surface area (Å²) in [6.45, 7) is 14.7. The van der Waals surface area contributed by atoms with E-state index in [2.05, 4.69) is 62.4 Å². The Morgan fingerprint density at radius 1 is 0.899 bits per heavy atom. The molecule has 1 aliphatic carbocycles. The minimum atomic E-state index is -0.801. The van der Waals surface area contributed by atoms with Crippen LogP contribution in [-0.4, -0.2) is 140 Å². The summed E-state index contributed by atoms with van der Waals surface area (Å²) in [6, 6.07) is 22.9. The van der Waals surface area contributed by atoms with Crippen LogP contribution in [0, 0.1) is 24.2 Å². The number of aliphatic hydroxyl groups is 1. The maximum absolute atomic E-state index is 14.4. The number of amides is 2. The molecule has 2 aromatic carbocycles. The van der Waals surface area contributed by atoms with Gasteiger partial charge in [0.2, 0.25) is 17.7 Å². The van der Waals surface area contributed by atoms with Gasteiger partial charge in [-0.05, 0) is 131 Å². The Hall–Kier alpha value is -6.83. The summed E-state index contributed by atoms with van der Waals surface area (Å²) in [5.74, 6) is 1.82. The summed E-state index contributed by atoms with van der Waals surface area (Å²) in [5, 5.41) is 37.5.